The van der Waals surface area contributed by atoms with Crippen molar-refractivity contribution in [3.8, 4) is 0 Å². The summed E-state index contributed by atoms with van der Waals surface area (Å²) < 4.78 is 27.4. The van der Waals surface area contributed by atoms with E-state index in [9.17, 15) is 8.42 Å². The third-order valence-corrected chi connectivity index (χ3v) is 7.86. The van der Waals surface area contributed by atoms with Gasteiger partial charge in [0.1, 0.15) is 0 Å². The molecule has 0 spiro atoms. The van der Waals surface area contributed by atoms with Crippen LogP contribution in [0, 0.1) is 5.92 Å². The Balaban J connectivity index is 1.92. The zero-order valence-corrected chi connectivity index (χ0v) is 13.1. The Morgan fingerprint density at radius 3 is 2.89 bits per heavy atom. The fourth-order valence-electron chi connectivity index (χ4n) is 3.44. The Morgan fingerprint density at radius 2 is 2.11 bits per heavy atom. The number of halogens is 1. The van der Waals surface area contributed by atoms with Gasteiger partial charge in [-0.15, -0.1) is 22.9 Å². The lowest BCUT2D eigenvalue weighted by Crippen LogP contribution is -2.39. The predicted octanol–water partition coefficient (Wildman–Crippen LogP) is 3.44. The van der Waals surface area contributed by atoms with Gasteiger partial charge in [-0.1, -0.05) is 12.8 Å². The minimum atomic E-state index is -3.35. The molecule has 19 heavy (non-hydrogen) atoms. The van der Waals surface area contributed by atoms with Crippen molar-refractivity contribution in [3.63, 3.8) is 0 Å². The van der Waals surface area contributed by atoms with Crippen molar-refractivity contribution in [2.24, 2.45) is 5.92 Å². The van der Waals surface area contributed by atoms with Crippen molar-refractivity contribution in [1.29, 1.82) is 0 Å². The number of sulfonamides is 1. The zero-order valence-electron chi connectivity index (χ0n) is 10.7. The van der Waals surface area contributed by atoms with Crippen LogP contribution in [0.1, 0.15) is 37.0 Å². The third kappa shape index (κ3) is 2.35. The fourth-order valence-corrected chi connectivity index (χ4v) is 6.85. The van der Waals surface area contributed by atoms with Crippen LogP contribution in [-0.4, -0.2) is 25.3 Å². The monoisotopic (exact) mass is 319 g/mol. The van der Waals surface area contributed by atoms with E-state index >= 15 is 0 Å². The number of thiophene rings is 1. The van der Waals surface area contributed by atoms with Crippen LogP contribution in [0.3, 0.4) is 0 Å². The molecule has 0 aromatic carbocycles. The van der Waals surface area contributed by atoms with Gasteiger partial charge in [0.05, 0.1) is 10.8 Å². The summed E-state index contributed by atoms with van der Waals surface area (Å²) in [4.78, 5) is 1.19. The minimum Gasteiger partial charge on any atom is -0.207 e. The maximum absolute atomic E-state index is 12.8. The summed E-state index contributed by atoms with van der Waals surface area (Å²) in [5.41, 5.74) is 0. The van der Waals surface area contributed by atoms with Gasteiger partial charge >= 0.3 is 0 Å². The molecular weight excluding hydrogens is 302 g/mol. The summed E-state index contributed by atoms with van der Waals surface area (Å²) in [6.45, 7) is 0.676. The molecule has 2 aliphatic rings. The number of fused-ring (bicyclic) bond motifs is 1. The lowest BCUT2D eigenvalue weighted by Gasteiger charge is -2.31. The van der Waals surface area contributed by atoms with Crippen molar-refractivity contribution in [2.45, 2.75) is 48.9 Å². The van der Waals surface area contributed by atoms with Crippen LogP contribution < -0.4 is 0 Å². The Bertz CT molecular complexity index is 555. The first-order valence-corrected chi connectivity index (χ1v) is 9.64. The molecule has 1 saturated carbocycles. The SMILES string of the molecule is O=S(=O)(c1ccsc1CCl)N1CCC2CCCCC21. The van der Waals surface area contributed by atoms with Gasteiger partial charge in [0, 0.05) is 17.5 Å². The molecular formula is C13H18ClNO2S2. The second kappa shape index (κ2) is 5.35. The second-order valence-corrected chi connectivity index (χ2v) is 8.48. The van der Waals surface area contributed by atoms with Crippen LogP contribution >= 0.6 is 22.9 Å². The molecule has 1 aromatic heterocycles. The zero-order chi connectivity index (χ0) is 13.5. The molecule has 2 heterocycles. The van der Waals surface area contributed by atoms with E-state index in [1.807, 2.05) is 5.38 Å². The van der Waals surface area contributed by atoms with Crippen LogP contribution in [0.25, 0.3) is 0 Å². The average molecular weight is 320 g/mol. The van der Waals surface area contributed by atoms with Crippen molar-refractivity contribution >= 4 is 33.0 Å². The number of hydrogen-bond donors (Lipinski definition) is 0. The summed E-state index contributed by atoms with van der Waals surface area (Å²) >= 11 is 7.28. The van der Waals surface area contributed by atoms with Gasteiger partial charge in [-0.05, 0) is 36.6 Å². The largest absolute Gasteiger partial charge is 0.244 e. The number of rotatable bonds is 3. The van der Waals surface area contributed by atoms with Crippen LogP contribution in [0.15, 0.2) is 16.3 Å². The van der Waals surface area contributed by atoms with Crippen molar-refractivity contribution in [1.82, 2.24) is 4.31 Å². The smallest absolute Gasteiger partial charge is 0.207 e. The first-order chi connectivity index (χ1) is 9.14. The Kier molecular flexibility index (Phi) is 3.91. The van der Waals surface area contributed by atoms with E-state index in [-0.39, 0.29) is 11.9 Å². The van der Waals surface area contributed by atoms with Gasteiger partial charge < -0.3 is 0 Å². The van der Waals surface area contributed by atoms with Crippen LogP contribution in [0.2, 0.25) is 0 Å². The Hall–Kier alpha value is -0.100. The van der Waals surface area contributed by atoms with Gasteiger partial charge in [0.2, 0.25) is 10.0 Å². The van der Waals surface area contributed by atoms with E-state index in [0.717, 1.165) is 24.1 Å². The van der Waals surface area contributed by atoms with E-state index in [1.165, 1.54) is 24.2 Å². The highest BCUT2D eigenvalue weighted by Gasteiger charge is 2.42. The van der Waals surface area contributed by atoms with Crippen molar-refractivity contribution in [2.75, 3.05) is 6.54 Å². The first kappa shape index (κ1) is 13.9. The molecule has 1 saturated heterocycles. The molecule has 0 bridgehead atoms. The van der Waals surface area contributed by atoms with Gasteiger partial charge in [0.15, 0.2) is 0 Å². The van der Waals surface area contributed by atoms with Gasteiger partial charge in [0.25, 0.3) is 0 Å². The van der Waals surface area contributed by atoms with Gasteiger partial charge in [-0.25, -0.2) is 8.42 Å². The molecule has 2 fully saturated rings. The van der Waals surface area contributed by atoms with Crippen LogP contribution in [0.4, 0.5) is 0 Å². The number of alkyl halides is 1. The van der Waals surface area contributed by atoms with Crippen LogP contribution in [-0.2, 0) is 15.9 Å². The molecule has 6 heteroatoms. The molecule has 0 amide bonds. The summed E-state index contributed by atoms with van der Waals surface area (Å²) in [7, 11) is -3.35. The predicted molar refractivity (Wildman–Crippen MR) is 78.1 cm³/mol. The summed E-state index contributed by atoms with van der Waals surface area (Å²) in [6, 6.07) is 1.93. The van der Waals surface area contributed by atoms with E-state index < -0.39 is 10.0 Å². The summed E-state index contributed by atoms with van der Waals surface area (Å²) in [5.74, 6) is 0.843. The molecule has 0 radical (unpaired) electrons. The first-order valence-electron chi connectivity index (χ1n) is 6.79. The maximum Gasteiger partial charge on any atom is 0.244 e. The van der Waals surface area contributed by atoms with E-state index in [4.69, 9.17) is 11.6 Å². The Morgan fingerprint density at radius 1 is 1.32 bits per heavy atom. The van der Waals surface area contributed by atoms with Crippen molar-refractivity contribution < 1.29 is 8.42 Å². The topological polar surface area (TPSA) is 37.4 Å². The molecule has 3 nitrogen and oxygen atoms in total. The molecule has 106 valence electrons. The van der Waals surface area contributed by atoms with E-state index in [1.54, 1.807) is 10.4 Å². The quantitative estimate of drug-likeness (QED) is 0.800. The maximum atomic E-state index is 12.8. The lowest BCUT2D eigenvalue weighted by atomic mass is 9.86. The molecule has 1 aliphatic carbocycles. The average Bonchev–Trinajstić information content (AvgIpc) is 3.05. The van der Waals surface area contributed by atoms with Gasteiger partial charge in [-0.2, -0.15) is 4.31 Å². The highest BCUT2D eigenvalue weighted by atomic mass is 35.5. The third-order valence-electron chi connectivity index (χ3n) is 4.37. The molecule has 0 N–H and O–H groups in total. The fraction of sp³-hybridized carbons (Fsp3) is 0.692. The molecule has 1 aromatic rings. The molecule has 2 unspecified atom stereocenters. The summed E-state index contributed by atoms with van der Waals surface area (Å²) in [5, 5.41) is 1.82. The summed E-state index contributed by atoms with van der Waals surface area (Å²) in [6.07, 6.45) is 5.62. The molecule has 2 atom stereocenters. The molecule has 3 rings (SSSR count). The molecule has 1 aliphatic heterocycles. The second-order valence-electron chi connectivity index (χ2n) is 5.36. The highest BCUT2D eigenvalue weighted by Crippen LogP contribution is 2.40. The Labute approximate surface area is 123 Å². The van der Waals surface area contributed by atoms with Gasteiger partial charge in [-0.3, -0.25) is 0 Å². The van der Waals surface area contributed by atoms with E-state index in [2.05, 4.69) is 0 Å². The minimum absolute atomic E-state index is 0.224. The normalized spacial score (nSPS) is 28.5. The lowest BCUT2D eigenvalue weighted by molar-refractivity contribution is 0.260. The van der Waals surface area contributed by atoms with Crippen molar-refractivity contribution in [3.05, 3.63) is 16.3 Å². The number of nitrogens with zero attached hydrogens (tertiary/aromatic N) is 1. The van der Waals surface area contributed by atoms with Crippen LogP contribution in [0.5, 0.6) is 0 Å². The number of hydrogen-bond acceptors (Lipinski definition) is 3. The standard InChI is InChI=1S/C13H18ClNO2S2/c14-9-12-13(6-8-18-12)19(16,17)15-7-5-10-3-1-2-4-11(10)15/h6,8,10-11H,1-5,7,9H2. The van der Waals surface area contributed by atoms with E-state index in [0.29, 0.717) is 17.4 Å². The highest BCUT2D eigenvalue weighted by molar-refractivity contribution is 7.89.